The summed E-state index contributed by atoms with van der Waals surface area (Å²) >= 11 is 0. The number of hydrogen-bond acceptors (Lipinski definition) is 2. The van der Waals surface area contributed by atoms with E-state index in [-0.39, 0.29) is 0 Å². The Morgan fingerprint density at radius 1 is 1.37 bits per heavy atom. The molecule has 1 atom stereocenters. The molecular weight excluding hydrogens is 234 g/mol. The standard InChI is InChI=1S/C16H19N3/c1-12-6-4-5-7-16(12)13(2)18-10-14-8-15(9-17)19(3)11-14/h4-8,11,13,18H,10H2,1-3H3/t13-/m1/s1. The average molecular weight is 253 g/mol. The molecule has 19 heavy (non-hydrogen) atoms. The Kier molecular flexibility index (Phi) is 4.03. The summed E-state index contributed by atoms with van der Waals surface area (Å²) in [6.07, 6.45) is 2.00. The molecule has 0 aliphatic rings. The molecule has 0 amide bonds. The lowest BCUT2D eigenvalue weighted by molar-refractivity contribution is 0.572. The second kappa shape index (κ2) is 5.73. The van der Waals surface area contributed by atoms with Crippen molar-refractivity contribution in [3.63, 3.8) is 0 Å². The van der Waals surface area contributed by atoms with Gasteiger partial charge >= 0.3 is 0 Å². The molecule has 3 heteroatoms. The fraction of sp³-hybridized carbons (Fsp3) is 0.312. The Bertz CT molecular complexity index is 605. The van der Waals surface area contributed by atoms with E-state index in [1.807, 2.05) is 23.9 Å². The van der Waals surface area contributed by atoms with Crippen molar-refractivity contribution in [2.24, 2.45) is 7.05 Å². The van der Waals surface area contributed by atoms with Crippen LogP contribution < -0.4 is 5.32 Å². The highest BCUT2D eigenvalue weighted by molar-refractivity contribution is 5.30. The van der Waals surface area contributed by atoms with Crippen molar-refractivity contribution in [3.05, 3.63) is 58.9 Å². The Labute approximate surface area is 114 Å². The van der Waals surface area contributed by atoms with Crippen LogP contribution in [0.25, 0.3) is 0 Å². The third-order valence-electron chi connectivity index (χ3n) is 3.44. The van der Waals surface area contributed by atoms with Gasteiger partial charge in [0.15, 0.2) is 0 Å². The van der Waals surface area contributed by atoms with Crippen LogP contribution in [0.1, 0.15) is 35.3 Å². The van der Waals surface area contributed by atoms with Crippen molar-refractivity contribution in [2.45, 2.75) is 26.4 Å². The molecule has 0 bridgehead atoms. The van der Waals surface area contributed by atoms with Crippen molar-refractivity contribution in [2.75, 3.05) is 0 Å². The zero-order chi connectivity index (χ0) is 13.8. The van der Waals surface area contributed by atoms with E-state index in [1.54, 1.807) is 0 Å². The maximum absolute atomic E-state index is 8.93. The average Bonchev–Trinajstić information content (AvgIpc) is 2.77. The SMILES string of the molecule is Cc1ccccc1[C@@H](C)NCc1cc(C#N)n(C)c1. The van der Waals surface area contributed by atoms with Gasteiger partial charge in [0.1, 0.15) is 11.8 Å². The molecule has 0 fully saturated rings. The van der Waals surface area contributed by atoms with Gasteiger partial charge in [0.25, 0.3) is 0 Å². The number of rotatable bonds is 4. The summed E-state index contributed by atoms with van der Waals surface area (Å²) in [7, 11) is 1.90. The smallest absolute Gasteiger partial charge is 0.120 e. The molecule has 0 unspecified atom stereocenters. The number of nitrogens with one attached hydrogen (secondary N) is 1. The number of nitrogens with zero attached hydrogens (tertiary/aromatic N) is 2. The van der Waals surface area contributed by atoms with Gasteiger partial charge in [-0.15, -0.1) is 0 Å². The van der Waals surface area contributed by atoms with Crippen molar-refractivity contribution in [1.29, 1.82) is 5.26 Å². The second-order valence-corrected chi connectivity index (χ2v) is 4.92. The van der Waals surface area contributed by atoms with Gasteiger partial charge in [-0.3, -0.25) is 0 Å². The second-order valence-electron chi connectivity index (χ2n) is 4.92. The van der Waals surface area contributed by atoms with Crippen molar-refractivity contribution >= 4 is 0 Å². The molecule has 1 aromatic heterocycles. The zero-order valence-corrected chi connectivity index (χ0v) is 11.6. The van der Waals surface area contributed by atoms with Gasteiger partial charge < -0.3 is 9.88 Å². The van der Waals surface area contributed by atoms with E-state index in [9.17, 15) is 0 Å². The van der Waals surface area contributed by atoms with Crippen molar-refractivity contribution in [1.82, 2.24) is 9.88 Å². The quantitative estimate of drug-likeness (QED) is 0.909. The van der Waals surface area contributed by atoms with Crippen LogP contribution in [0.15, 0.2) is 36.5 Å². The Morgan fingerprint density at radius 2 is 2.11 bits per heavy atom. The molecule has 1 aromatic carbocycles. The van der Waals surface area contributed by atoms with Crippen LogP contribution in [-0.2, 0) is 13.6 Å². The minimum absolute atomic E-state index is 0.298. The molecule has 1 N–H and O–H groups in total. The first-order valence-electron chi connectivity index (χ1n) is 6.46. The molecule has 0 spiro atoms. The monoisotopic (exact) mass is 253 g/mol. The van der Waals surface area contributed by atoms with Gasteiger partial charge in [-0.25, -0.2) is 0 Å². The minimum atomic E-state index is 0.298. The third-order valence-corrected chi connectivity index (χ3v) is 3.44. The van der Waals surface area contributed by atoms with E-state index in [2.05, 4.69) is 49.5 Å². The van der Waals surface area contributed by atoms with Gasteiger partial charge in [-0.2, -0.15) is 5.26 Å². The first kappa shape index (κ1) is 13.4. The van der Waals surface area contributed by atoms with E-state index >= 15 is 0 Å². The molecule has 0 saturated heterocycles. The maximum Gasteiger partial charge on any atom is 0.120 e. The number of benzene rings is 1. The molecule has 3 nitrogen and oxygen atoms in total. The van der Waals surface area contributed by atoms with E-state index in [0.29, 0.717) is 11.7 Å². The summed E-state index contributed by atoms with van der Waals surface area (Å²) in [4.78, 5) is 0. The van der Waals surface area contributed by atoms with Crippen molar-refractivity contribution in [3.8, 4) is 6.07 Å². The van der Waals surface area contributed by atoms with E-state index < -0.39 is 0 Å². The fourth-order valence-electron chi connectivity index (χ4n) is 2.29. The first-order chi connectivity index (χ1) is 9.11. The normalized spacial score (nSPS) is 12.1. The topological polar surface area (TPSA) is 40.8 Å². The molecule has 1 heterocycles. The lowest BCUT2D eigenvalue weighted by Gasteiger charge is -2.16. The molecular formula is C16H19N3. The van der Waals surface area contributed by atoms with Crippen molar-refractivity contribution < 1.29 is 0 Å². The highest BCUT2D eigenvalue weighted by Gasteiger charge is 2.08. The van der Waals surface area contributed by atoms with Crippen LogP contribution in [0.4, 0.5) is 0 Å². The van der Waals surface area contributed by atoms with Crippen LogP contribution in [0, 0.1) is 18.3 Å². The van der Waals surface area contributed by atoms with Crippen LogP contribution in [0.2, 0.25) is 0 Å². The summed E-state index contributed by atoms with van der Waals surface area (Å²) in [6.45, 7) is 5.06. The Hall–Kier alpha value is -2.05. The lowest BCUT2D eigenvalue weighted by atomic mass is 10.0. The van der Waals surface area contributed by atoms with E-state index in [0.717, 1.165) is 12.1 Å². The molecule has 0 radical (unpaired) electrons. The summed E-state index contributed by atoms with van der Waals surface area (Å²) < 4.78 is 1.86. The maximum atomic E-state index is 8.93. The van der Waals surface area contributed by atoms with Crippen LogP contribution in [0.5, 0.6) is 0 Å². The van der Waals surface area contributed by atoms with Crippen LogP contribution in [-0.4, -0.2) is 4.57 Å². The zero-order valence-electron chi connectivity index (χ0n) is 11.6. The summed E-state index contributed by atoms with van der Waals surface area (Å²) in [5, 5.41) is 12.4. The third kappa shape index (κ3) is 3.04. The predicted molar refractivity (Wildman–Crippen MR) is 76.6 cm³/mol. The molecule has 0 aliphatic carbocycles. The van der Waals surface area contributed by atoms with Gasteiger partial charge in [0.05, 0.1) is 0 Å². The number of aromatic nitrogens is 1. The van der Waals surface area contributed by atoms with Crippen LogP contribution in [0.3, 0.4) is 0 Å². The van der Waals surface area contributed by atoms with E-state index in [1.165, 1.54) is 11.1 Å². The highest BCUT2D eigenvalue weighted by atomic mass is 14.9. The van der Waals surface area contributed by atoms with E-state index in [4.69, 9.17) is 5.26 Å². The molecule has 2 rings (SSSR count). The van der Waals surface area contributed by atoms with Gasteiger partial charge in [-0.1, -0.05) is 24.3 Å². The Morgan fingerprint density at radius 3 is 2.74 bits per heavy atom. The summed E-state index contributed by atoms with van der Waals surface area (Å²) in [6, 6.07) is 12.8. The molecule has 0 aliphatic heterocycles. The molecule has 2 aromatic rings. The van der Waals surface area contributed by atoms with Gasteiger partial charge in [-0.05, 0) is 36.6 Å². The number of aryl methyl sites for hydroxylation is 2. The summed E-state index contributed by atoms with van der Waals surface area (Å²) in [5.41, 5.74) is 4.45. The van der Waals surface area contributed by atoms with Gasteiger partial charge in [0.2, 0.25) is 0 Å². The summed E-state index contributed by atoms with van der Waals surface area (Å²) in [5.74, 6) is 0. The Balaban J connectivity index is 2.03. The van der Waals surface area contributed by atoms with Gasteiger partial charge in [0, 0.05) is 25.8 Å². The largest absolute Gasteiger partial charge is 0.342 e. The van der Waals surface area contributed by atoms with Crippen LogP contribution >= 0.6 is 0 Å². The highest BCUT2D eigenvalue weighted by Crippen LogP contribution is 2.17. The lowest BCUT2D eigenvalue weighted by Crippen LogP contribution is -2.18. The predicted octanol–water partition coefficient (Wildman–Crippen LogP) is 3.06. The molecule has 98 valence electrons. The fourth-order valence-corrected chi connectivity index (χ4v) is 2.29. The number of nitriles is 1. The molecule has 0 saturated carbocycles. The first-order valence-corrected chi connectivity index (χ1v) is 6.46. The minimum Gasteiger partial charge on any atom is -0.342 e. The number of hydrogen-bond donors (Lipinski definition) is 1.